The van der Waals surface area contributed by atoms with Crippen LogP contribution in [-0.2, 0) is 19.4 Å². The Hall–Kier alpha value is -2.67. The van der Waals surface area contributed by atoms with Gasteiger partial charge in [-0.15, -0.1) is 0 Å². The van der Waals surface area contributed by atoms with Crippen molar-refractivity contribution in [2.75, 3.05) is 11.6 Å². The van der Waals surface area contributed by atoms with Crippen LogP contribution in [0.2, 0.25) is 0 Å². The SMILES string of the molecule is CC(=O)NC(CC(=O)Nc1cccc(S(C)(=O)=O)c1)c1ccccc1. The summed E-state index contributed by atoms with van der Waals surface area (Å²) in [5.74, 6) is -0.561. The van der Waals surface area contributed by atoms with E-state index >= 15 is 0 Å². The number of hydrogen-bond acceptors (Lipinski definition) is 4. The van der Waals surface area contributed by atoms with Crippen molar-refractivity contribution in [2.45, 2.75) is 24.3 Å². The van der Waals surface area contributed by atoms with Gasteiger partial charge < -0.3 is 10.6 Å². The van der Waals surface area contributed by atoms with Crippen molar-refractivity contribution in [3.63, 3.8) is 0 Å². The highest BCUT2D eigenvalue weighted by Gasteiger charge is 2.17. The fourth-order valence-electron chi connectivity index (χ4n) is 2.38. The molecule has 2 aromatic carbocycles. The molecule has 0 saturated heterocycles. The van der Waals surface area contributed by atoms with Gasteiger partial charge in [0.1, 0.15) is 0 Å². The first kappa shape index (κ1) is 18.7. The maximum Gasteiger partial charge on any atom is 0.226 e. The third-order valence-corrected chi connectivity index (χ3v) is 4.63. The number of amides is 2. The quantitative estimate of drug-likeness (QED) is 0.827. The number of rotatable bonds is 6. The molecular formula is C18H20N2O4S. The lowest BCUT2D eigenvalue weighted by Crippen LogP contribution is -2.29. The van der Waals surface area contributed by atoms with E-state index in [-0.39, 0.29) is 23.1 Å². The highest BCUT2D eigenvalue weighted by molar-refractivity contribution is 7.90. The average molecular weight is 360 g/mol. The zero-order chi connectivity index (χ0) is 18.4. The first-order valence-corrected chi connectivity index (χ1v) is 9.57. The van der Waals surface area contributed by atoms with Crippen LogP contribution in [0, 0.1) is 0 Å². The predicted molar refractivity (Wildman–Crippen MR) is 95.8 cm³/mol. The first-order chi connectivity index (χ1) is 11.8. The molecule has 1 atom stereocenters. The highest BCUT2D eigenvalue weighted by Crippen LogP contribution is 2.19. The van der Waals surface area contributed by atoms with Crippen molar-refractivity contribution in [2.24, 2.45) is 0 Å². The Kier molecular flexibility index (Phi) is 5.93. The van der Waals surface area contributed by atoms with Crippen molar-refractivity contribution in [1.82, 2.24) is 5.32 Å². The second kappa shape index (κ2) is 7.94. The Bertz CT molecular complexity index is 864. The number of nitrogens with one attached hydrogen (secondary N) is 2. The number of carbonyl (C=O) groups excluding carboxylic acids is 2. The predicted octanol–water partition coefficient (Wildman–Crippen LogP) is 2.30. The molecule has 0 aromatic heterocycles. The van der Waals surface area contributed by atoms with Crippen LogP contribution in [-0.4, -0.2) is 26.5 Å². The van der Waals surface area contributed by atoms with E-state index in [0.29, 0.717) is 5.69 Å². The maximum atomic E-state index is 12.3. The minimum absolute atomic E-state index is 0.0344. The van der Waals surface area contributed by atoms with Gasteiger partial charge in [-0.05, 0) is 23.8 Å². The molecule has 0 heterocycles. The minimum Gasteiger partial charge on any atom is -0.349 e. The smallest absolute Gasteiger partial charge is 0.226 e. The Labute approximate surface area is 147 Å². The third-order valence-electron chi connectivity index (χ3n) is 3.51. The van der Waals surface area contributed by atoms with Crippen LogP contribution in [0.1, 0.15) is 24.9 Å². The lowest BCUT2D eigenvalue weighted by atomic mass is 10.0. The van der Waals surface area contributed by atoms with Crippen molar-refractivity contribution < 1.29 is 18.0 Å². The van der Waals surface area contributed by atoms with Crippen molar-refractivity contribution in [3.05, 3.63) is 60.2 Å². The number of benzene rings is 2. The average Bonchev–Trinajstić information content (AvgIpc) is 2.54. The van der Waals surface area contributed by atoms with Gasteiger partial charge in [0.05, 0.1) is 17.4 Å². The van der Waals surface area contributed by atoms with Crippen molar-refractivity contribution >= 4 is 27.3 Å². The fourth-order valence-corrected chi connectivity index (χ4v) is 3.05. The Balaban J connectivity index is 2.13. The standard InChI is InChI=1S/C18H20N2O4S/c1-13(21)19-17(14-7-4-3-5-8-14)12-18(22)20-15-9-6-10-16(11-15)25(2,23)24/h3-11,17H,12H2,1-2H3,(H,19,21)(H,20,22). The molecule has 2 rings (SSSR count). The second-order valence-electron chi connectivity index (χ2n) is 5.72. The van der Waals surface area contributed by atoms with E-state index in [1.165, 1.54) is 19.1 Å². The van der Waals surface area contributed by atoms with Gasteiger partial charge in [0, 0.05) is 18.9 Å². The molecule has 2 aromatic rings. The molecule has 0 saturated carbocycles. The maximum absolute atomic E-state index is 12.3. The molecule has 6 nitrogen and oxygen atoms in total. The molecule has 2 N–H and O–H groups in total. The number of anilines is 1. The van der Waals surface area contributed by atoms with Crippen LogP contribution in [0.15, 0.2) is 59.5 Å². The van der Waals surface area contributed by atoms with E-state index in [1.807, 2.05) is 30.3 Å². The summed E-state index contributed by atoms with van der Waals surface area (Å²) in [6.45, 7) is 1.39. The zero-order valence-corrected chi connectivity index (χ0v) is 14.8. The summed E-state index contributed by atoms with van der Waals surface area (Å²) in [5, 5.41) is 5.43. The van der Waals surface area contributed by atoms with Gasteiger partial charge in [0.15, 0.2) is 9.84 Å². The Morgan fingerprint density at radius 1 is 1.04 bits per heavy atom. The lowest BCUT2D eigenvalue weighted by Gasteiger charge is -2.18. The number of hydrogen-bond donors (Lipinski definition) is 2. The second-order valence-corrected chi connectivity index (χ2v) is 7.73. The van der Waals surface area contributed by atoms with Crippen LogP contribution in [0.4, 0.5) is 5.69 Å². The topological polar surface area (TPSA) is 92.3 Å². The van der Waals surface area contributed by atoms with E-state index < -0.39 is 15.9 Å². The van der Waals surface area contributed by atoms with Gasteiger partial charge in [0.25, 0.3) is 0 Å². The van der Waals surface area contributed by atoms with E-state index in [1.54, 1.807) is 12.1 Å². The summed E-state index contributed by atoms with van der Waals surface area (Å²) in [6, 6.07) is 14.8. The van der Waals surface area contributed by atoms with E-state index in [0.717, 1.165) is 11.8 Å². The summed E-state index contributed by atoms with van der Waals surface area (Å²) in [6.07, 6.45) is 1.14. The van der Waals surface area contributed by atoms with Gasteiger partial charge in [-0.3, -0.25) is 9.59 Å². The number of sulfone groups is 1. The molecule has 25 heavy (non-hydrogen) atoms. The summed E-state index contributed by atoms with van der Waals surface area (Å²) in [5.41, 5.74) is 1.21. The van der Waals surface area contributed by atoms with Gasteiger partial charge in [-0.1, -0.05) is 36.4 Å². The molecule has 7 heteroatoms. The molecule has 2 amide bonds. The van der Waals surface area contributed by atoms with E-state index in [9.17, 15) is 18.0 Å². The third kappa shape index (κ3) is 5.72. The minimum atomic E-state index is -3.35. The first-order valence-electron chi connectivity index (χ1n) is 7.68. The monoisotopic (exact) mass is 360 g/mol. The molecular weight excluding hydrogens is 340 g/mol. The van der Waals surface area contributed by atoms with Gasteiger partial charge in [0.2, 0.25) is 11.8 Å². The van der Waals surface area contributed by atoms with Crippen LogP contribution < -0.4 is 10.6 Å². The van der Waals surface area contributed by atoms with Crippen LogP contribution >= 0.6 is 0 Å². The Morgan fingerprint density at radius 3 is 2.32 bits per heavy atom. The van der Waals surface area contributed by atoms with Crippen LogP contribution in [0.25, 0.3) is 0 Å². The van der Waals surface area contributed by atoms with Crippen LogP contribution in [0.3, 0.4) is 0 Å². The molecule has 0 spiro atoms. The van der Waals surface area contributed by atoms with Gasteiger partial charge >= 0.3 is 0 Å². The molecule has 132 valence electrons. The number of carbonyl (C=O) groups is 2. The fraction of sp³-hybridized carbons (Fsp3) is 0.222. The van der Waals surface area contributed by atoms with Gasteiger partial charge in [-0.25, -0.2) is 8.42 Å². The lowest BCUT2D eigenvalue weighted by molar-refractivity contribution is -0.120. The zero-order valence-electron chi connectivity index (χ0n) is 14.0. The normalized spacial score (nSPS) is 12.2. The molecule has 0 aliphatic rings. The summed E-state index contributed by atoms with van der Waals surface area (Å²) in [7, 11) is -3.35. The summed E-state index contributed by atoms with van der Waals surface area (Å²) >= 11 is 0. The summed E-state index contributed by atoms with van der Waals surface area (Å²) in [4.78, 5) is 23.9. The van der Waals surface area contributed by atoms with E-state index in [4.69, 9.17) is 0 Å². The molecule has 0 bridgehead atoms. The largest absolute Gasteiger partial charge is 0.349 e. The molecule has 0 aliphatic heterocycles. The summed E-state index contributed by atoms with van der Waals surface area (Å²) < 4.78 is 23.2. The highest BCUT2D eigenvalue weighted by atomic mass is 32.2. The molecule has 1 unspecified atom stereocenters. The molecule has 0 radical (unpaired) electrons. The van der Waals surface area contributed by atoms with Crippen molar-refractivity contribution in [3.8, 4) is 0 Å². The molecule has 0 fully saturated rings. The van der Waals surface area contributed by atoms with E-state index in [2.05, 4.69) is 10.6 Å². The Morgan fingerprint density at radius 2 is 1.72 bits per heavy atom. The van der Waals surface area contributed by atoms with Gasteiger partial charge in [-0.2, -0.15) is 0 Å². The van der Waals surface area contributed by atoms with Crippen LogP contribution in [0.5, 0.6) is 0 Å². The van der Waals surface area contributed by atoms with Crippen molar-refractivity contribution in [1.29, 1.82) is 0 Å². The molecule has 0 aliphatic carbocycles.